The molecular weight excluding hydrogens is 422 g/mol. The van der Waals surface area contributed by atoms with Crippen LogP contribution >= 0.6 is 11.8 Å². The van der Waals surface area contributed by atoms with E-state index in [2.05, 4.69) is 29.4 Å². The van der Waals surface area contributed by atoms with Crippen LogP contribution in [-0.2, 0) is 17.6 Å². The van der Waals surface area contributed by atoms with Gasteiger partial charge < -0.3 is 14.6 Å². The van der Waals surface area contributed by atoms with Gasteiger partial charge in [0.1, 0.15) is 11.6 Å². The Balaban J connectivity index is 1.72. The molecule has 0 saturated carbocycles. The van der Waals surface area contributed by atoms with E-state index in [1.807, 2.05) is 54.9 Å². The standard InChI is InChI=1S/C25H27N3O3S/c1-4-13-31-20-12-8-7-11-18(20)19-14-21(29)26-23-22(19)24(30)27-25(28(23)3)32-15-17-10-6-5-9-16(17)2/h5-12,19H,4,13-15H2,1-3H3,(H,26,29)/t19-/m1/s1. The second-order valence-electron chi connectivity index (χ2n) is 7.93. The summed E-state index contributed by atoms with van der Waals surface area (Å²) < 4.78 is 7.74. The fourth-order valence-electron chi connectivity index (χ4n) is 3.96. The summed E-state index contributed by atoms with van der Waals surface area (Å²) in [6, 6.07) is 15.8. The molecule has 1 N–H and O–H groups in total. The summed E-state index contributed by atoms with van der Waals surface area (Å²) in [5.41, 5.74) is 3.44. The fraction of sp³-hybridized carbons (Fsp3) is 0.320. The van der Waals surface area contributed by atoms with E-state index in [4.69, 9.17) is 4.74 Å². The van der Waals surface area contributed by atoms with E-state index in [0.29, 0.717) is 34.6 Å². The number of fused-ring (bicyclic) bond motifs is 1. The van der Waals surface area contributed by atoms with E-state index in [1.54, 1.807) is 0 Å². The molecule has 0 unspecified atom stereocenters. The molecule has 1 aliphatic heterocycles. The molecule has 4 rings (SSSR count). The second kappa shape index (κ2) is 9.61. The van der Waals surface area contributed by atoms with Crippen molar-refractivity contribution in [3.8, 4) is 5.75 Å². The number of benzene rings is 2. The number of rotatable bonds is 7. The van der Waals surface area contributed by atoms with Crippen molar-refractivity contribution in [2.24, 2.45) is 7.05 Å². The minimum atomic E-state index is -0.395. The molecule has 1 amide bonds. The van der Waals surface area contributed by atoms with Crippen LogP contribution in [0.2, 0.25) is 0 Å². The van der Waals surface area contributed by atoms with Crippen LogP contribution in [0, 0.1) is 6.92 Å². The van der Waals surface area contributed by atoms with Crippen LogP contribution in [0.5, 0.6) is 5.75 Å². The van der Waals surface area contributed by atoms with Gasteiger partial charge in [0, 0.05) is 30.7 Å². The van der Waals surface area contributed by atoms with Gasteiger partial charge in [-0.2, -0.15) is 4.98 Å². The van der Waals surface area contributed by atoms with Crippen LogP contribution in [0.4, 0.5) is 5.82 Å². The Morgan fingerprint density at radius 2 is 1.91 bits per heavy atom. The number of ether oxygens (including phenoxy) is 1. The molecule has 1 aliphatic rings. The van der Waals surface area contributed by atoms with Gasteiger partial charge in [-0.15, -0.1) is 0 Å². The summed E-state index contributed by atoms with van der Waals surface area (Å²) in [5, 5.41) is 3.49. The zero-order valence-corrected chi connectivity index (χ0v) is 19.4. The quantitative estimate of drug-likeness (QED) is 0.420. The minimum absolute atomic E-state index is 0.121. The number of nitrogens with zero attached hydrogens (tertiary/aromatic N) is 2. The number of thioether (sulfide) groups is 1. The molecule has 7 heteroatoms. The van der Waals surface area contributed by atoms with Gasteiger partial charge in [-0.1, -0.05) is 61.2 Å². The highest BCUT2D eigenvalue weighted by Crippen LogP contribution is 2.39. The lowest BCUT2D eigenvalue weighted by Gasteiger charge is -2.28. The first kappa shape index (κ1) is 22.1. The molecule has 0 bridgehead atoms. The minimum Gasteiger partial charge on any atom is -0.493 e. The van der Waals surface area contributed by atoms with Gasteiger partial charge in [-0.3, -0.25) is 9.59 Å². The van der Waals surface area contributed by atoms with Gasteiger partial charge in [0.25, 0.3) is 5.56 Å². The maximum Gasteiger partial charge on any atom is 0.279 e. The predicted octanol–water partition coefficient (Wildman–Crippen LogP) is 4.64. The molecule has 166 valence electrons. The third kappa shape index (κ3) is 4.43. The Morgan fingerprint density at radius 3 is 2.69 bits per heavy atom. The van der Waals surface area contributed by atoms with Gasteiger partial charge in [0.15, 0.2) is 5.16 Å². The Morgan fingerprint density at radius 1 is 1.16 bits per heavy atom. The number of aromatic nitrogens is 2. The molecular formula is C25H27N3O3S. The molecule has 0 radical (unpaired) electrons. The molecule has 2 heterocycles. The van der Waals surface area contributed by atoms with E-state index in [-0.39, 0.29) is 17.9 Å². The Bertz CT molecular complexity index is 1210. The molecule has 0 aliphatic carbocycles. The summed E-state index contributed by atoms with van der Waals surface area (Å²) >= 11 is 1.49. The molecule has 1 atom stereocenters. The highest BCUT2D eigenvalue weighted by molar-refractivity contribution is 7.98. The van der Waals surface area contributed by atoms with Crippen LogP contribution in [0.25, 0.3) is 0 Å². The molecule has 6 nitrogen and oxygen atoms in total. The largest absolute Gasteiger partial charge is 0.493 e. The lowest BCUT2D eigenvalue weighted by molar-refractivity contribution is -0.116. The van der Waals surface area contributed by atoms with Crippen LogP contribution < -0.4 is 15.6 Å². The number of anilines is 1. The van der Waals surface area contributed by atoms with Crippen LogP contribution in [0.3, 0.4) is 0 Å². The van der Waals surface area contributed by atoms with E-state index in [9.17, 15) is 9.59 Å². The van der Waals surface area contributed by atoms with Gasteiger partial charge >= 0.3 is 0 Å². The van der Waals surface area contributed by atoms with Crippen molar-refractivity contribution < 1.29 is 9.53 Å². The number of carbonyl (C=O) groups is 1. The van der Waals surface area contributed by atoms with Crippen molar-refractivity contribution >= 4 is 23.5 Å². The Kier molecular flexibility index (Phi) is 6.65. The summed E-state index contributed by atoms with van der Waals surface area (Å²) in [5.74, 6) is 1.40. The third-order valence-electron chi connectivity index (χ3n) is 5.68. The SMILES string of the molecule is CCCOc1ccccc1[C@H]1CC(=O)Nc2c1c(=O)nc(SCc1ccccc1C)n2C. The fourth-order valence-corrected chi connectivity index (χ4v) is 5.00. The predicted molar refractivity (Wildman–Crippen MR) is 128 cm³/mol. The van der Waals surface area contributed by atoms with Crippen LogP contribution in [-0.4, -0.2) is 22.1 Å². The van der Waals surface area contributed by atoms with Gasteiger partial charge in [0.2, 0.25) is 5.91 Å². The lowest BCUT2D eigenvalue weighted by atomic mass is 9.86. The van der Waals surface area contributed by atoms with Crippen LogP contribution in [0.15, 0.2) is 58.5 Å². The zero-order valence-electron chi connectivity index (χ0n) is 18.6. The molecule has 0 spiro atoms. The van der Waals surface area contributed by atoms with Crippen molar-refractivity contribution in [3.63, 3.8) is 0 Å². The van der Waals surface area contributed by atoms with E-state index in [0.717, 1.165) is 12.0 Å². The van der Waals surface area contributed by atoms with Crippen LogP contribution in [0.1, 0.15) is 47.9 Å². The van der Waals surface area contributed by atoms with Crippen molar-refractivity contribution in [1.29, 1.82) is 0 Å². The molecule has 32 heavy (non-hydrogen) atoms. The highest BCUT2D eigenvalue weighted by Gasteiger charge is 2.33. The van der Waals surface area contributed by atoms with Gasteiger partial charge in [-0.25, -0.2) is 0 Å². The normalized spacial score (nSPS) is 15.2. The van der Waals surface area contributed by atoms with Gasteiger partial charge in [0.05, 0.1) is 12.2 Å². The Labute approximate surface area is 192 Å². The Hall–Kier alpha value is -3.06. The summed E-state index contributed by atoms with van der Waals surface area (Å²) in [4.78, 5) is 30.2. The molecule has 1 aromatic heterocycles. The van der Waals surface area contributed by atoms with Crippen molar-refractivity contribution in [2.45, 2.75) is 43.5 Å². The average molecular weight is 450 g/mol. The monoisotopic (exact) mass is 449 g/mol. The first-order valence-electron chi connectivity index (χ1n) is 10.8. The number of amides is 1. The van der Waals surface area contributed by atoms with Crippen molar-refractivity contribution in [1.82, 2.24) is 9.55 Å². The van der Waals surface area contributed by atoms with E-state index in [1.165, 1.54) is 22.9 Å². The average Bonchev–Trinajstić information content (AvgIpc) is 2.79. The number of para-hydroxylation sites is 1. The first-order chi connectivity index (χ1) is 15.5. The summed E-state index contributed by atoms with van der Waals surface area (Å²) in [6.45, 7) is 4.69. The lowest BCUT2D eigenvalue weighted by Crippen LogP contribution is -2.33. The number of aryl methyl sites for hydroxylation is 1. The molecule has 0 saturated heterocycles. The van der Waals surface area contributed by atoms with Crippen molar-refractivity contribution in [3.05, 3.63) is 81.1 Å². The number of nitrogens with one attached hydrogen (secondary N) is 1. The highest BCUT2D eigenvalue weighted by atomic mass is 32.2. The number of carbonyl (C=O) groups excluding carboxylic acids is 1. The maximum absolute atomic E-state index is 13.2. The number of hydrogen-bond acceptors (Lipinski definition) is 5. The number of hydrogen-bond donors (Lipinski definition) is 1. The summed E-state index contributed by atoms with van der Waals surface area (Å²) in [6.07, 6.45) is 1.06. The van der Waals surface area contributed by atoms with E-state index >= 15 is 0 Å². The molecule has 3 aromatic rings. The zero-order chi connectivity index (χ0) is 22.7. The maximum atomic E-state index is 13.2. The second-order valence-corrected chi connectivity index (χ2v) is 8.87. The smallest absolute Gasteiger partial charge is 0.279 e. The van der Waals surface area contributed by atoms with E-state index < -0.39 is 5.92 Å². The third-order valence-corrected chi connectivity index (χ3v) is 6.75. The molecule has 2 aromatic carbocycles. The summed E-state index contributed by atoms with van der Waals surface area (Å²) in [7, 11) is 1.84. The van der Waals surface area contributed by atoms with Gasteiger partial charge in [-0.05, 0) is 30.5 Å². The van der Waals surface area contributed by atoms with Crippen molar-refractivity contribution in [2.75, 3.05) is 11.9 Å². The molecule has 0 fully saturated rings. The first-order valence-corrected chi connectivity index (χ1v) is 11.8. The topological polar surface area (TPSA) is 73.2 Å².